The Morgan fingerprint density at radius 3 is 2.76 bits per heavy atom. The molecule has 17 heavy (non-hydrogen) atoms. The molecule has 0 unspecified atom stereocenters. The van der Waals surface area contributed by atoms with Gasteiger partial charge in [-0.15, -0.1) is 0 Å². The molecule has 0 aliphatic carbocycles. The lowest BCUT2D eigenvalue weighted by Gasteiger charge is -2.05. The Morgan fingerprint density at radius 1 is 1.29 bits per heavy atom. The van der Waals surface area contributed by atoms with E-state index in [0.717, 1.165) is 0 Å². The summed E-state index contributed by atoms with van der Waals surface area (Å²) in [6.07, 6.45) is 2.20. The highest BCUT2D eigenvalue weighted by molar-refractivity contribution is 7.91. The fraction of sp³-hybridized carbons (Fsp3) is 0.250. The number of aromatic nitrogens is 1. The summed E-state index contributed by atoms with van der Waals surface area (Å²) in [6.45, 7) is 1.84. The number of hydrogen-bond acceptors (Lipinski definition) is 3. The van der Waals surface area contributed by atoms with Crippen LogP contribution in [0.5, 0.6) is 0 Å². The van der Waals surface area contributed by atoms with Gasteiger partial charge in [0, 0.05) is 11.6 Å². The molecule has 0 atom stereocenters. The van der Waals surface area contributed by atoms with Gasteiger partial charge in [-0.25, -0.2) is 8.42 Å². The summed E-state index contributed by atoms with van der Waals surface area (Å²) < 4.78 is 23.8. The Kier molecular flexibility index (Phi) is 3.35. The summed E-state index contributed by atoms with van der Waals surface area (Å²) in [6, 6.07) is 6.51. The van der Waals surface area contributed by atoms with Crippen molar-refractivity contribution in [3.8, 4) is 0 Å². The summed E-state index contributed by atoms with van der Waals surface area (Å²) in [5.41, 5.74) is 0.702. The van der Waals surface area contributed by atoms with E-state index in [2.05, 4.69) is 4.98 Å². The third kappa shape index (κ3) is 2.42. The van der Waals surface area contributed by atoms with Crippen LogP contribution in [-0.4, -0.2) is 19.2 Å². The second-order valence-electron chi connectivity index (χ2n) is 3.79. The van der Waals surface area contributed by atoms with Crippen molar-refractivity contribution in [2.24, 2.45) is 0 Å². The summed E-state index contributed by atoms with van der Waals surface area (Å²) in [7, 11) is -3.20. The van der Waals surface area contributed by atoms with E-state index in [1.165, 1.54) is 0 Å². The first-order valence-corrected chi connectivity index (χ1v) is 7.34. The molecule has 0 saturated carbocycles. The minimum atomic E-state index is -3.20. The highest BCUT2D eigenvalue weighted by Gasteiger charge is 2.14. The molecular formula is C12H12ClNO2S. The van der Waals surface area contributed by atoms with Crippen molar-refractivity contribution in [3.63, 3.8) is 0 Å². The molecule has 2 rings (SSSR count). The minimum absolute atomic E-state index is 0.149. The van der Waals surface area contributed by atoms with Crippen molar-refractivity contribution in [3.05, 3.63) is 35.5 Å². The number of sulfone groups is 1. The molecule has 0 amide bonds. The van der Waals surface area contributed by atoms with Gasteiger partial charge in [-0.2, -0.15) is 0 Å². The number of fused-ring (bicyclic) bond motifs is 1. The summed E-state index contributed by atoms with van der Waals surface area (Å²) in [5, 5.41) is 1.19. The van der Waals surface area contributed by atoms with Gasteiger partial charge in [-0.1, -0.05) is 18.5 Å². The fourth-order valence-electron chi connectivity index (χ4n) is 1.67. The van der Waals surface area contributed by atoms with Gasteiger partial charge in [-0.3, -0.25) is 4.98 Å². The van der Waals surface area contributed by atoms with Crippen molar-refractivity contribution >= 4 is 32.3 Å². The molecule has 1 aromatic carbocycles. The number of rotatable bonds is 3. The molecule has 0 aliphatic rings. The quantitative estimate of drug-likeness (QED) is 0.860. The standard InChI is InChI=1S/C12H12ClNO2S/c1-2-7-17(15,16)9-3-4-12-10(8-9)11(13)5-6-14-12/h3-6,8H,2,7H2,1H3. The normalized spacial score (nSPS) is 11.9. The first kappa shape index (κ1) is 12.3. The van der Waals surface area contributed by atoms with Crippen molar-refractivity contribution < 1.29 is 8.42 Å². The summed E-state index contributed by atoms with van der Waals surface area (Å²) in [4.78, 5) is 4.44. The predicted molar refractivity (Wildman–Crippen MR) is 69.1 cm³/mol. The second-order valence-corrected chi connectivity index (χ2v) is 6.31. The largest absolute Gasteiger partial charge is 0.256 e. The van der Waals surface area contributed by atoms with Crippen LogP contribution in [0.25, 0.3) is 10.9 Å². The Labute approximate surface area is 105 Å². The van der Waals surface area contributed by atoms with Crippen LogP contribution >= 0.6 is 11.6 Å². The molecule has 0 saturated heterocycles. The smallest absolute Gasteiger partial charge is 0.178 e. The zero-order valence-electron chi connectivity index (χ0n) is 9.35. The average molecular weight is 270 g/mol. The van der Waals surface area contributed by atoms with E-state index in [4.69, 9.17) is 11.6 Å². The number of benzene rings is 1. The van der Waals surface area contributed by atoms with Crippen molar-refractivity contribution in [1.29, 1.82) is 0 Å². The van der Waals surface area contributed by atoms with E-state index in [0.29, 0.717) is 27.2 Å². The maximum atomic E-state index is 11.9. The summed E-state index contributed by atoms with van der Waals surface area (Å²) in [5.74, 6) is 0.149. The third-order valence-electron chi connectivity index (χ3n) is 2.49. The fourth-order valence-corrected chi connectivity index (χ4v) is 3.23. The number of hydrogen-bond donors (Lipinski definition) is 0. The topological polar surface area (TPSA) is 47.0 Å². The molecule has 0 aliphatic heterocycles. The van der Waals surface area contributed by atoms with Gasteiger partial charge in [0.2, 0.25) is 0 Å². The van der Waals surface area contributed by atoms with Gasteiger partial charge < -0.3 is 0 Å². The zero-order chi connectivity index (χ0) is 12.5. The first-order chi connectivity index (χ1) is 8.04. The molecule has 0 spiro atoms. The van der Waals surface area contributed by atoms with E-state index in [-0.39, 0.29) is 5.75 Å². The molecule has 90 valence electrons. The maximum absolute atomic E-state index is 11.9. The van der Waals surface area contributed by atoms with Crippen LogP contribution in [-0.2, 0) is 9.84 Å². The molecule has 5 heteroatoms. The van der Waals surface area contributed by atoms with Gasteiger partial charge in [0.25, 0.3) is 0 Å². The lowest BCUT2D eigenvalue weighted by atomic mass is 10.2. The Bertz CT molecular complexity index is 653. The van der Waals surface area contributed by atoms with E-state index >= 15 is 0 Å². The molecule has 3 nitrogen and oxygen atoms in total. The zero-order valence-corrected chi connectivity index (χ0v) is 10.9. The Morgan fingerprint density at radius 2 is 2.06 bits per heavy atom. The van der Waals surface area contributed by atoms with Crippen LogP contribution in [0.1, 0.15) is 13.3 Å². The number of nitrogens with zero attached hydrogens (tertiary/aromatic N) is 1. The van der Waals surface area contributed by atoms with Gasteiger partial charge in [-0.05, 0) is 30.7 Å². The average Bonchev–Trinajstić information content (AvgIpc) is 2.29. The van der Waals surface area contributed by atoms with Crippen LogP contribution < -0.4 is 0 Å². The van der Waals surface area contributed by atoms with Gasteiger partial charge in [0.15, 0.2) is 9.84 Å². The molecule has 1 aromatic heterocycles. The van der Waals surface area contributed by atoms with Crippen LogP contribution in [0.4, 0.5) is 0 Å². The van der Waals surface area contributed by atoms with E-state index in [1.807, 2.05) is 6.92 Å². The lowest BCUT2D eigenvalue weighted by molar-refractivity contribution is 0.595. The number of halogens is 1. The van der Waals surface area contributed by atoms with Crippen molar-refractivity contribution in [2.75, 3.05) is 5.75 Å². The molecule has 1 heterocycles. The maximum Gasteiger partial charge on any atom is 0.178 e. The van der Waals surface area contributed by atoms with Gasteiger partial charge in [0.05, 0.1) is 21.2 Å². The van der Waals surface area contributed by atoms with Crippen molar-refractivity contribution in [2.45, 2.75) is 18.2 Å². The highest BCUT2D eigenvalue weighted by Crippen LogP contribution is 2.25. The molecule has 0 N–H and O–H groups in total. The Balaban J connectivity index is 2.63. The molecule has 0 radical (unpaired) electrons. The lowest BCUT2D eigenvalue weighted by Crippen LogP contribution is -2.05. The minimum Gasteiger partial charge on any atom is -0.256 e. The molecule has 0 fully saturated rings. The molecule has 2 aromatic rings. The molecule has 0 bridgehead atoms. The third-order valence-corrected chi connectivity index (χ3v) is 4.74. The first-order valence-electron chi connectivity index (χ1n) is 5.31. The summed E-state index contributed by atoms with van der Waals surface area (Å²) >= 11 is 6.02. The van der Waals surface area contributed by atoms with E-state index < -0.39 is 9.84 Å². The SMILES string of the molecule is CCCS(=O)(=O)c1ccc2nccc(Cl)c2c1. The van der Waals surface area contributed by atoms with Crippen LogP contribution in [0.3, 0.4) is 0 Å². The second kappa shape index (κ2) is 4.63. The van der Waals surface area contributed by atoms with Crippen LogP contribution in [0, 0.1) is 0 Å². The molecular weight excluding hydrogens is 258 g/mol. The van der Waals surface area contributed by atoms with Gasteiger partial charge in [0.1, 0.15) is 0 Å². The monoisotopic (exact) mass is 269 g/mol. The van der Waals surface area contributed by atoms with E-state index in [9.17, 15) is 8.42 Å². The number of pyridine rings is 1. The highest BCUT2D eigenvalue weighted by atomic mass is 35.5. The van der Waals surface area contributed by atoms with Crippen LogP contribution in [0.15, 0.2) is 35.4 Å². The van der Waals surface area contributed by atoms with Gasteiger partial charge >= 0.3 is 0 Å². The Hall–Kier alpha value is -1.13. The van der Waals surface area contributed by atoms with E-state index in [1.54, 1.807) is 30.5 Å². The predicted octanol–water partition coefficient (Wildman–Crippen LogP) is 3.07. The van der Waals surface area contributed by atoms with Crippen LogP contribution in [0.2, 0.25) is 5.02 Å². The van der Waals surface area contributed by atoms with Crippen molar-refractivity contribution in [1.82, 2.24) is 4.98 Å².